The molecule has 0 saturated heterocycles. The van der Waals surface area contributed by atoms with E-state index in [0.717, 1.165) is 28.5 Å². The highest BCUT2D eigenvalue weighted by Crippen LogP contribution is 2.24. The molecule has 0 aliphatic rings. The lowest BCUT2D eigenvalue weighted by atomic mass is 10.1. The Morgan fingerprint density at radius 1 is 1.20 bits per heavy atom. The van der Waals surface area contributed by atoms with E-state index in [1.165, 1.54) is 11.8 Å². The molecule has 0 aliphatic heterocycles. The normalized spacial score (nSPS) is 10.6. The summed E-state index contributed by atoms with van der Waals surface area (Å²) in [6, 6.07) is 7.51. The number of carbonyl (C=O) groups is 1. The standard InChI is InChI=1S/C19H25N3O2S/c1-5-12-24-17-9-7-6-8-16(17)22-18(23)11-10-15-13(2)20-19(25-4)21-14(15)3/h6-9H,5,10-12H2,1-4H3,(H,22,23). The second kappa shape index (κ2) is 9.42. The number of aromatic nitrogens is 2. The van der Waals surface area contributed by atoms with Crippen LogP contribution < -0.4 is 10.1 Å². The van der Waals surface area contributed by atoms with Crippen LogP contribution in [-0.2, 0) is 11.2 Å². The minimum atomic E-state index is -0.0414. The van der Waals surface area contributed by atoms with Crippen molar-refractivity contribution in [2.75, 3.05) is 18.2 Å². The largest absolute Gasteiger partial charge is 0.491 e. The SMILES string of the molecule is CCCOc1ccccc1NC(=O)CCc1c(C)nc(SC)nc1C. The number of thioether (sulfide) groups is 1. The van der Waals surface area contributed by atoms with Crippen LogP contribution in [-0.4, -0.2) is 28.7 Å². The maximum absolute atomic E-state index is 12.3. The van der Waals surface area contributed by atoms with Crippen molar-refractivity contribution in [1.82, 2.24) is 9.97 Å². The van der Waals surface area contributed by atoms with E-state index < -0.39 is 0 Å². The Morgan fingerprint density at radius 3 is 2.52 bits per heavy atom. The fraction of sp³-hybridized carbons (Fsp3) is 0.421. The average Bonchev–Trinajstić information content (AvgIpc) is 2.60. The molecule has 0 spiro atoms. The van der Waals surface area contributed by atoms with E-state index in [0.29, 0.717) is 30.9 Å². The first-order chi connectivity index (χ1) is 12.0. The van der Waals surface area contributed by atoms with E-state index >= 15 is 0 Å². The summed E-state index contributed by atoms with van der Waals surface area (Å²) in [5.41, 5.74) is 3.64. The number of hydrogen-bond donors (Lipinski definition) is 1. The molecule has 0 unspecified atom stereocenters. The zero-order chi connectivity index (χ0) is 18.2. The smallest absolute Gasteiger partial charge is 0.224 e. The van der Waals surface area contributed by atoms with Crippen LogP contribution in [0.2, 0.25) is 0 Å². The summed E-state index contributed by atoms with van der Waals surface area (Å²) < 4.78 is 5.68. The van der Waals surface area contributed by atoms with Crippen LogP contribution in [0.3, 0.4) is 0 Å². The molecule has 0 bridgehead atoms. The lowest BCUT2D eigenvalue weighted by Gasteiger charge is -2.13. The lowest BCUT2D eigenvalue weighted by molar-refractivity contribution is -0.116. The first-order valence-electron chi connectivity index (χ1n) is 8.45. The number of benzene rings is 1. The van der Waals surface area contributed by atoms with Crippen molar-refractivity contribution in [2.24, 2.45) is 0 Å². The third-order valence-corrected chi connectivity index (χ3v) is 4.36. The lowest BCUT2D eigenvalue weighted by Crippen LogP contribution is -2.14. The second-order valence-corrected chi connectivity index (χ2v) is 6.53. The molecule has 5 nitrogen and oxygen atoms in total. The van der Waals surface area contributed by atoms with Gasteiger partial charge in [0.1, 0.15) is 5.75 Å². The molecule has 6 heteroatoms. The Bertz CT molecular complexity index is 711. The van der Waals surface area contributed by atoms with Gasteiger partial charge in [-0.15, -0.1) is 0 Å². The van der Waals surface area contributed by atoms with Crippen molar-refractivity contribution in [2.45, 2.75) is 45.2 Å². The fourth-order valence-electron chi connectivity index (χ4n) is 2.52. The molecule has 1 aromatic heterocycles. The Balaban J connectivity index is 2.00. The van der Waals surface area contributed by atoms with Gasteiger partial charge in [-0.25, -0.2) is 9.97 Å². The minimum Gasteiger partial charge on any atom is -0.491 e. The van der Waals surface area contributed by atoms with Crippen LogP contribution in [0.4, 0.5) is 5.69 Å². The Hall–Kier alpha value is -2.08. The highest BCUT2D eigenvalue weighted by Gasteiger charge is 2.12. The van der Waals surface area contributed by atoms with E-state index in [-0.39, 0.29) is 5.91 Å². The van der Waals surface area contributed by atoms with E-state index in [1.807, 2.05) is 44.4 Å². The maximum atomic E-state index is 12.3. The van der Waals surface area contributed by atoms with Gasteiger partial charge in [0.2, 0.25) is 5.91 Å². The molecule has 1 N–H and O–H groups in total. The number of aryl methyl sites for hydroxylation is 2. The summed E-state index contributed by atoms with van der Waals surface area (Å²) in [5, 5.41) is 3.71. The summed E-state index contributed by atoms with van der Waals surface area (Å²) in [6.45, 7) is 6.62. The topological polar surface area (TPSA) is 64.1 Å². The summed E-state index contributed by atoms with van der Waals surface area (Å²) in [7, 11) is 0. The predicted molar refractivity (Wildman–Crippen MR) is 102 cm³/mol. The van der Waals surface area contributed by atoms with Crippen LogP contribution in [0.15, 0.2) is 29.4 Å². The van der Waals surface area contributed by atoms with E-state index in [9.17, 15) is 4.79 Å². The molecule has 0 radical (unpaired) electrons. The van der Waals surface area contributed by atoms with Crippen molar-refractivity contribution >= 4 is 23.4 Å². The van der Waals surface area contributed by atoms with Gasteiger partial charge in [0.25, 0.3) is 0 Å². The number of rotatable bonds is 8. The molecule has 1 amide bonds. The third-order valence-electron chi connectivity index (χ3n) is 3.81. The zero-order valence-electron chi connectivity index (χ0n) is 15.3. The number of hydrogen-bond acceptors (Lipinski definition) is 5. The van der Waals surface area contributed by atoms with Crippen LogP contribution in [0, 0.1) is 13.8 Å². The van der Waals surface area contributed by atoms with Gasteiger partial charge in [-0.05, 0) is 50.6 Å². The number of amides is 1. The number of para-hydroxylation sites is 2. The van der Waals surface area contributed by atoms with Gasteiger partial charge in [-0.1, -0.05) is 30.8 Å². The molecule has 1 aromatic carbocycles. The van der Waals surface area contributed by atoms with Gasteiger partial charge < -0.3 is 10.1 Å². The van der Waals surface area contributed by atoms with Crippen molar-refractivity contribution in [3.63, 3.8) is 0 Å². The highest BCUT2D eigenvalue weighted by molar-refractivity contribution is 7.98. The fourth-order valence-corrected chi connectivity index (χ4v) is 2.98. The first-order valence-corrected chi connectivity index (χ1v) is 9.67. The van der Waals surface area contributed by atoms with E-state index in [4.69, 9.17) is 4.74 Å². The van der Waals surface area contributed by atoms with Crippen molar-refractivity contribution in [1.29, 1.82) is 0 Å². The molecule has 0 aliphatic carbocycles. The molecule has 2 rings (SSSR count). The van der Waals surface area contributed by atoms with Crippen molar-refractivity contribution in [3.8, 4) is 5.75 Å². The Labute approximate surface area is 153 Å². The molecule has 0 fully saturated rings. The van der Waals surface area contributed by atoms with Crippen LogP contribution >= 0.6 is 11.8 Å². The Kier molecular flexibility index (Phi) is 7.25. The summed E-state index contributed by atoms with van der Waals surface area (Å²) in [6.07, 6.45) is 3.88. The summed E-state index contributed by atoms with van der Waals surface area (Å²) in [4.78, 5) is 21.3. The number of nitrogens with zero attached hydrogens (tertiary/aromatic N) is 2. The van der Waals surface area contributed by atoms with E-state index in [1.54, 1.807) is 0 Å². The number of ether oxygens (including phenoxy) is 1. The highest BCUT2D eigenvalue weighted by atomic mass is 32.2. The summed E-state index contributed by atoms with van der Waals surface area (Å²) >= 11 is 1.52. The van der Waals surface area contributed by atoms with Gasteiger partial charge in [-0.2, -0.15) is 0 Å². The van der Waals surface area contributed by atoms with Crippen LogP contribution in [0.1, 0.15) is 36.7 Å². The summed E-state index contributed by atoms with van der Waals surface area (Å²) in [5.74, 6) is 0.665. The predicted octanol–water partition coefficient (Wildman–Crippen LogP) is 4.18. The number of anilines is 1. The third kappa shape index (κ3) is 5.46. The molecule has 0 saturated carbocycles. The molecule has 2 aromatic rings. The monoisotopic (exact) mass is 359 g/mol. The Morgan fingerprint density at radius 2 is 1.88 bits per heavy atom. The van der Waals surface area contributed by atoms with Gasteiger partial charge in [0, 0.05) is 17.8 Å². The minimum absolute atomic E-state index is 0.0414. The molecular formula is C19H25N3O2S. The number of nitrogens with one attached hydrogen (secondary N) is 1. The molecule has 25 heavy (non-hydrogen) atoms. The van der Waals surface area contributed by atoms with Crippen molar-refractivity contribution in [3.05, 3.63) is 41.2 Å². The first kappa shape index (κ1) is 19.2. The zero-order valence-corrected chi connectivity index (χ0v) is 16.1. The van der Waals surface area contributed by atoms with E-state index in [2.05, 4.69) is 22.2 Å². The van der Waals surface area contributed by atoms with Crippen LogP contribution in [0.25, 0.3) is 0 Å². The molecular weight excluding hydrogens is 334 g/mol. The molecule has 1 heterocycles. The van der Waals surface area contributed by atoms with Gasteiger partial charge in [-0.3, -0.25) is 4.79 Å². The van der Waals surface area contributed by atoms with Gasteiger partial charge in [0.05, 0.1) is 12.3 Å². The van der Waals surface area contributed by atoms with Gasteiger partial charge in [0.15, 0.2) is 5.16 Å². The van der Waals surface area contributed by atoms with Gasteiger partial charge >= 0.3 is 0 Å². The van der Waals surface area contributed by atoms with Crippen molar-refractivity contribution < 1.29 is 9.53 Å². The number of carbonyl (C=O) groups excluding carboxylic acids is 1. The maximum Gasteiger partial charge on any atom is 0.224 e. The quantitative estimate of drug-likeness (QED) is 0.566. The van der Waals surface area contributed by atoms with Crippen LogP contribution in [0.5, 0.6) is 5.75 Å². The molecule has 134 valence electrons. The average molecular weight is 359 g/mol. The second-order valence-electron chi connectivity index (χ2n) is 5.75. The molecule has 0 atom stereocenters.